The standard InChI is InChI=1S/C23H24N2O2S/c1-27-19-6-4-17(5-7-19)21-8-9-22(26)25-13-16-11-18(23(21)25)14-24(12-16)15-20-3-2-10-28-20/h2-10,16,18H,11-15H2,1H3/p+1/t16-,18+/m0/s1. The van der Waals surface area contributed by atoms with Crippen LogP contribution in [0.4, 0.5) is 0 Å². The monoisotopic (exact) mass is 393 g/mol. The van der Waals surface area contributed by atoms with E-state index in [-0.39, 0.29) is 5.56 Å². The highest BCUT2D eigenvalue weighted by atomic mass is 32.1. The van der Waals surface area contributed by atoms with Crippen LogP contribution < -0.4 is 15.2 Å². The van der Waals surface area contributed by atoms with Crippen LogP contribution in [0, 0.1) is 5.92 Å². The number of methoxy groups -OCH3 is 1. The number of nitrogens with zero attached hydrogens (tertiary/aromatic N) is 1. The highest BCUT2D eigenvalue weighted by Crippen LogP contribution is 2.37. The normalized spacial score (nSPS) is 23.2. The molecule has 2 aliphatic heterocycles. The zero-order valence-corrected chi connectivity index (χ0v) is 16.9. The molecule has 0 aliphatic carbocycles. The van der Waals surface area contributed by atoms with E-state index < -0.39 is 0 Å². The van der Waals surface area contributed by atoms with Crippen molar-refractivity contribution in [3.05, 3.63) is 74.8 Å². The average Bonchev–Trinajstić information content (AvgIpc) is 3.22. The van der Waals surface area contributed by atoms with E-state index in [1.54, 1.807) is 18.1 Å². The number of fused-ring (bicyclic) bond motifs is 4. The summed E-state index contributed by atoms with van der Waals surface area (Å²) < 4.78 is 7.36. The predicted molar refractivity (Wildman–Crippen MR) is 112 cm³/mol. The van der Waals surface area contributed by atoms with E-state index in [1.165, 1.54) is 22.6 Å². The van der Waals surface area contributed by atoms with Gasteiger partial charge in [0.1, 0.15) is 12.3 Å². The number of ether oxygens (including phenoxy) is 1. The van der Waals surface area contributed by atoms with E-state index in [0.29, 0.717) is 11.8 Å². The van der Waals surface area contributed by atoms with Crippen LogP contribution in [0.3, 0.4) is 0 Å². The van der Waals surface area contributed by atoms with Crippen molar-refractivity contribution < 1.29 is 9.64 Å². The molecule has 1 unspecified atom stereocenters. The van der Waals surface area contributed by atoms with E-state index in [4.69, 9.17) is 4.74 Å². The van der Waals surface area contributed by atoms with Crippen LogP contribution in [-0.2, 0) is 13.1 Å². The molecule has 2 bridgehead atoms. The van der Waals surface area contributed by atoms with Crippen molar-refractivity contribution in [3.8, 4) is 16.9 Å². The summed E-state index contributed by atoms with van der Waals surface area (Å²) in [7, 11) is 1.69. The molecule has 1 aromatic carbocycles. The minimum atomic E-state index is 0.142. The number of likely N-dealkylation sites (tertiary alicyclic amines) is 1. The second-order valence-electron chi connectivity index (χ2n) is 8.02. The lowest BCUT2D eigenvalue weighted by atomic mass is 9.80. The predicted octanol–water partition coefficient (Wildman–Crippen LogP) is 2.79. The first-order valence-electron chi connectivity index (χ1n) is 9.95. The van der Waals surface area contributed by atoms with Crippen LogP contribution in [0.15, 0.2) is 58.7 Å². The average molecular weight is 394 g/mol. The molecular formula is C23H25N2O2S+. The maximum Gasteiger partial charge on any atom is 0.250 e. The molecule has 2 aliphatic rings. The van der Waals surface area contributed by atoms with Crippen molar-refractivity contribution >= 4 is 11.3 Å². The summed E-state index contributed by atoms with van der Waals surface area (Å²) in [6.45, 7) is 4.20. The van der Waals surface area contributed by atoms with Gasteiger partial charge in [-0.2, -0.15) is 0 Å². The third kappa shape index (κ3) is 3.19. The fourth-order valence-corrected chi connectivity index (χ4v) is 5.83. The number of piperidine rings is 1. The van der Waals surface area contributed by atoms with Crippen molar-refractivity contribution in [2.75, 3.05) is 20.2 Å². The smallest absolute Gasteiger partial charge is 0.250 e. The Bertz CT molecular complexity index is 1020. The zero-order chi connectivity index (χ0) is 19.1. The van der Waals surface area contributed by atoms with E-state index >= 15 is 0 Å². The third-order valence-electron chi connectivity index (χ3n) is 6.19. The molecule has 1 N–H and O–H groups in total. The maximum absolute atomic E-state index is 12.7. The molecule has 1 saturated heterocycles. The van der Waals surface area contributed by atoms with Gasteiger partial charge in [0.2, 0.25) is 0 Å². The first-order valence-corrected chi connectivity index (χ1v) is 10.8. The molecule has 0 spiro atoms. The quantitative estimate of drug-likeness (QED) is 0.740. The number of nitrogens with one attached hydrogen (secondary N) is 1. The second kappa shape index (κ2) is 7.22. The molecule has 3 aromatic rings. The van der Waals surface area contributed by atoms with Crippen molar-refractivity contribution in [3.63, 3.8) is 0 Å². The molecule has 1 fully saturated rings. The molecule has 0 radical (unpaired) electrons. The van der Waals surface area contributed by atoms with Gasteiger partial charge in [-0.1, -0.05) is 18.2 Å². The fraction of sp³-hybridized carbons (Fsp3) is 0.348. The van der Waals surface area contributed by atoms with Gasteiger partial charge in [-0.25, -0.2) is 0 Å². The largest absolute Gasteiger partial charge is 0.497 e. The lowest BCUT2D eigenvalue weighted by Gasteiger charge is -2.41. The molecule has 5 heteroatoms. The Hall–Kier alpha value is -2.37. The lowest BCUT2D eigenvalue weighted by molar-refractivity contribution is -0.924. The minimum Gasteiger partial charge on any atom is -0.497 e. The van der Waals surface area contributed by atoms with E-state index in [2.05, 4.69) is 34.2 Å². The Labute approximate surface area is 169 Å². The number of rotatable bonds is 4. The van der Waals surface area contributed by atoms with Crippen LogP contribution in [0.25, 0.3) is 11.1 Å². The molecule has 3 atom stereocenters. The molecule has 5 rings (SSSR count). The van der Waals surface area contributed by atoms with Gasteiger partial charge in [0.05, 0.1) is 25.1 Å². The van der Waals surface area contributed by atoms with Crippen molar-refractivity contribution in [2.24, 2.45) is 5.92 Å². The van der Waals surface area contributed by atoms with Gasteiger partial charge in [-0.3, -0.25) is 4.79 Å². The Morgan fingerprint density at radius 2 is 2.00 bits per heavy atom. The number of pyridine rings is 1. The van der Waals surface area contributed by atoms with Gasteiger partial charge in [-0.05, 0) is 41.6 Å². The Morgan fingerprint density at radius 3 is 2.75 bits per heavy atom. The first-order chi connectivity index (χ1) is 13.7. The van der Waals surface area contributed by atoms with E-state index in [0.717, 1.165) is 37.5 Å². The topological polar surface area (TPSA) is 35.7 Å². The van der Waals surface area contributed by atoms with Gasteiger partial charge in [0.15, 0.2) is 0 Å². The molecule has 0 amide bonds. The van der Waals surface area contributed by atoms with Crippen LogP contribution in [0.2, 0.25) is 0 Å². The fourth-order valence-electron chi connectivity index (χ4n) is 5.06. The molecule has 4 heterocycles. The number of thiophene rings is 1. The van der Waals surface area contributed by atoms with Gasteiger partial charge < -0.3 is 14.2 Å². The molecule has 0 saturated carbocycles. The first kappa shape index (κ1) is 17.7. The van der Waals surface area contributed by atoms with E-state index in [1.807, 2.05) is 29.5 Å². The highest BCUT2D eigenvalue weighted by Gasteiger charge is 2.38. The molecular weight excluding hydrogens is 368 g/mol. The van der Waals surface area contributed by atoms with Crippen LogP contribution in [-0.4, -0.2) is 24.8 Å². The summed E-state index contributed by atoms with van der Waals surface area (Å²) in [5.74, 6) is 1.88. The summed E-state index contributed by atoms with van der Waals surface area (Å²) in [5.41, 5.74) is 3.73. The van der Waals surface area contributed by atoms with Gasteiger partial charge in [0.25, 0.3) is 5.56 Å². The van der Waals surface area contributed by atoms with Crippen molar-refractivity contribution in [2.45, 2.75) is 25.4 Å². The van der Waals surface area contributed by atoms with Crippen LogP contribution in [0.5, 0.6) is 5.75 Å². The van der Waals surface area contributed by atoms with Crippen LogP contribution in [0.1, 0.15) is 22.9 Å². The number of hydrogen-bond acceptors (Lipinski definition) is 3. The summed E-state index contributed by atoms with van der Waals surface area (Å²) >= 11 is 1.85. The van der Waals surface area contributed by atoms with Gasteiger partial charge >= 0.3 is 0 Å². The van der Waals surface area contributed by atoms with Crippen LogP contribution >= 0.6 is 11.3 Å². The molecule has 28 heavy (non-hydrogen) atoms. The Balaban J connectivity index is 1.52. The Kier molecular flexibility index (Phi) is 4.57. The second-order valence-corrected chi connectivity index (χ2v) is 9.05. The zero-order valence-electron chi connectivity index (χ0n) is 16.1. The number of benzene rings is 1. The summed E-state index contributed by atoms with van der Waals surface area (Å²) in [6, 6.07) is 16.3. The number of hydrogen-bond donors (Lipinski definition) is 1. The van der Waals surface area contributed by atoms with E-state index in [9.17, 15) is 4.79 Å². The SMILES string of the molecule is COc1ccc(-c2ccc(=O)n3c2[C@@H]2C[C@H](C3)C[NH+](Cc3cccs3)C2)cc1. The van der Waals surface area contributed by atoms with Gasteiger partial charge in [-0.15, -0.1) is 11.3 Å². The summed E-state index contributed by atoms with van der Waals surface area (Å²) in [4.78, 5) is 15.8. The molecule has 4 nitrogen and oxygen atoms in total. The minimum absolute atomic E-state index is 0.142. The Morgan fingerprint density at radius 1 is 1.14 bits per heavy atom. The maximum atomic E-state index is 12.7. The van der Waals surface area contributed by atoms with Crippen molar-refractivity contribution in [1.29, 1.82) is 0 Å². The number of aromatic nitrogens is 1. The third-order valence-corrected chi connectivity index (χ3v) is 7.06. The van der Waals surface area contributed by atoms with Crippen molar-refractivity contribution in [1.82, 2.24) is 4.57 Å². The summed E-state index contributed by atoms with van der Waals surface area (Å²) in [5, 5.41) is 2.16. The highest BCUT2D eigenvalue weighted by molar-refractivity contribution is 7.09. The molecule has 2 aromatic heterocycles. The summed E-state index contributed by atoms with van der Waals surface area (Å²) in [6.07, 6.45) is 1.19. The number of quaternary nitrogens is 1. The van der Waals surface area contributed by atoms with Gasteiger partial charge in [0, 0.05) is 35.7 Å². The lowest BCUT2D eigenvalue weighted by Crippen LogP contribution is -3.13. The molecule has 144 valence electrons.